The fourth-order valence-corrected chi connectivity index (χ4v) is 3.10. The minimum atomic E-state index is -0.0473. The second-order valence-corrected chi connectivity index (χ2v) is 8.29. The number of H-pyrrole nitrogens is 1. The van der Waals surface area contributed by atoms with Crippen molar-refractivity contribution in [1.29, 1.82) is 0 Å². The van der Waals surface area contributed by atoms with Gasteiger partial charge in [0.25, 0.3) is 5.91 Å². The molecule has 1 aliphatic rings. The summed E-state index contributed by atoms with van der Waals surface area (Å²) in [7, 11) is 0. The summed E-state index contributed by atoms with van der Waals surface area (Å²) in [6.07, 6.45) is 0. The van der Waals surface area contributed by atoms with E-state index in [1.807, 2.05) is 35.2 Å². The second kappa shape index (κ2) is 8.31. The van der Waals surface area contributed by atoms with Gasteiger partial charge in [0.1, 0.15) is 18.1 Å². The highest BCUT2D eigenvalue weighted by Gasteiger charge is 2.25. The Kier molecular flexibility index (Phi) is 6.07. The number of piperazine rings is 1. The normalized spacial score (nSPS) is 15.8. The number of hydrogen-bond acceptors (Lipinski definition) is 4. The largest absolute Gasteiger partial charge is 0.492 e. The van der Waals surface area contributed by atoms with Crippen LogP contribution in [0.3, 0.4) is 0 Å². The Morgan fingerprint density at radius 3 is 2.44 bits per heavy atom. The van der Waals surface area contributed by atoms with Gasteiger partial charge in [0.05, 0.1) is 0 Å². The van der Waals surface area contributed by atoms with E-state index in [1.54, 1.807) is 0 Å². The maximum atomic E-state index is 12.7. The number of aromatic amines is 1. The molecule has 1 saturated heterocycles. The first-order valence-corrected chi connectivity index (χ1v) is 9.66. The van der Waals surface area contributed by atoms with E-state index in [0.29, 0.717) is 30.4 Å². The summed E-state index contributed by atoms with van der Waals surface area (Å²) >= 11 is 5.87. The van der Waals surface area contributed by atoms with Crippen molar-refractivity contribution < 1.29 is 9.53 Å². The smallest absolute Gasteiger partial charge is 0.274 e. The number of hydrogen-bond donors (Lipinski definition) is 1. The fourth-order valence-electron chi connectivity index (χ4n) is 2.98. The molecular formula is C20H27ClN4O2. The van der Waals surface area contributed by atoms with E-state index < -0.39 is 0 Å². The maximum Gasteiger partial charge on any atom is 0.274 e. The highest BCUT2D eigenvalue weighted by Crippen LogP contribution is 2.21. The Balaban J connectivity index is 1.43. The summed E-state index contributed by atoms with van der Waals surface area (Å²) in [5.41, 5.74) is 1.43. The van der Waals surface area contributed by atoms with Gasteiger partial charge in [-0.25, -0.2) is 0 Å². The zero-order valence-corrected chi connectivity index (χ0v) is 16.9. The van der Waals surface area contributed by atoms with Crippen molar-refractivity contribution >= 4 is 17.5 Å². The highest BCUT2D eigenvalue weighted by atomic mass is 35.5. The van der Waals surface area contributed by atoms with Gasteiger partial charge in [0, 0.05) is 48.9 Å². The summed E-state index contributed by atoms with van der Waals surface area (Å²) in [4.78, 5) is 16.8. The standard InChI is InChI=1S/C20H27ClN4O2/c1-20(2,3)18-14-17(22-23-18)19(26)25-10-8-24(9-11-25)12-13-27-16-6-4-15(21)5-7-16/h4-7,14H,8-13H2,1-3H3,(H,22,23). The van der Waals surface area contributed by atoms with Gasteiger partial charge in [-0.3, -0.25) is 14.8 Å². The monoisotopic (exact) mass is 390 g/mol. The molecule has 3 rings (SSSR count). The molecule has 7 heteroatoms. The van der Waals surface area contributed by atoms with Gasteiger partial charge in [-0.15, -0.1) is 0 Å². The van der Waals surface area contributed by atoms with Crippen molar-refractivity contribution in [3.8, 4) is 5.75 Å². The van der Waals surface area contributed by atoms with E-state index in [4.69, 9.17) is 16.3 Å². The SMILES string of the molecule is CC(C)(C)c1cc(C(=O)N2CCN(CCOc3ccc(Cl)cc3)CC2)n[nH]1. The highest BCUT2D eigenvalue weighted by molar-refractivity contribution is 6.30. The van der Waals surface area contributed by atoms with Crippen molar-refractivity contribution in [2.75, 3.05) is 39.3 Å². The first kappa shape index (κ1) is 19.7. The van der Waals surface area contributed by atoms with Crippen molar-refractivity contribution in [3.63, 3.8) is 0 Å². The summed E-state index contributed by atoms with van der Waals surface area (Å²) in [5, 5.41) is 7.90. The molecule has 0 spiro atoms. The van der Waals surface area contributed by atoms with Crippen LogP contribution in [0.4, 0.5) is 0 Å². The number of nitrogens with one attached hydrogen (secondary N) is 1. The third-order valence-electron chi connectivity index (χ3n) is 4.75. The molecule has 146 valence electrons. The molecule has 0 bridgehead atoms. The van der Waals surface area contributed by atoms with Crippen LogP contribution in [0.2, 0.25) is 5.02 Å². The fraction of sp³-hybridized carbons (Fsp3) is 0.500. The number of nitrogens with zero attached hydrogens (tertiary/aromatic N) is 3. The average Bonchev–Trinajstić information content (AvgIpc) is 3.14. The predicted molar refractivity (Wildman–Crippen MR) is 107 cm³/mol. The molecule has 0 saturated carbocycles. The molecule has 0 radical (unpaired) electrons. The number of halogens is 1. The zero-order chi connectivity index (χ0) is 19.4. The van der Waals surface area contributed by atoms with Gasteiger partial charge >= 0.3 is 0 Å². The lowest BCUT2D eigenvalue weighted by atomic mass is 9.92. The Morgan fingerprint density at radius 2 is 1.85 bits per heavy atom. The van der Waals surface area contributed by atoms with E-state index in [9.17, 15) is 4.79 Å². The molecule has 1 amide bonds. The minimum absolute atomic E-state index is 0.00110. The van der Waals surface area contributed by atoms with Crippen LogP contribution in [0.5, 0.6) is 5.75 Å². The van der Waals surface area contributed by atoms with Gasteiger partial charge in [-0.05, 0) is 30.3 Å². The topological polar surface area (TPSA) is 61.5 Å². The lowest BCUT2D eigenvalue weighted by Crippen LogP contribution is -2.49. The zero-order valence-electron chi connectivity index (χ0n) is 16.2. The van der Waals surface area contributed by atoms with Gasteiger partial charge in [-0.2, -0.15) is 5.10 Å². The molecular weight excluding hydrogens is 364 g/mol. The summed E-state index contributed by atoms with van der Waals surface area (Å²) in [6, 6.07) is 9.25. The minimum Gasteiger partial charge on any atom is -0.492 e. The van der Waals surface area contributed by atoms with Crippen molar-refractivity contribution in [2.45, 2.75) is 26.2 Å². The van der Waals surface area contributed by atoms with Crippen LogP contribution in [0.25, 0.3) is 0 Å². The Morgan fingerprint density at radius 1 is 1.19 bits per heavy atom. The van der Waals surface area contributed by atoms with Gasteiger partial charge in [-0.1, -0.05) is 32.4 Å². The van der Waals surface area contributed by atoms with Crippen LogP contribution >= 0.6 is 11.6 Å². The Labute approximate surface area is 165 Å². The first-order valence-electron chi connectivity index (χ1n) is 9.29. The van der Waals surface area contributed by atoms with Crippen LogP contribution in [0.1, 0.15) is 37.0 Å². The lowest BCUT2D eigenvalue weighted by Gasteiger charge is -2.34. The molecule has 2 heterocycles. The molecule has 1 N–H and O–H groups in total. The number of benzene rings is 1. The number of rotatable bonds is 5. The molecule has 1 fully saturated rings. The number of carbonyl (C=O) groups excluding carboxylic acids is 1. The number of aromatic nitrogens is 2. The first-order chi connectivity index (χ1) is 12.8. The molecule has 1 aromatic heterocycles. The maximum absolute atomic E-state index is 12.7. The molecule has 6 nitrogen and oxygen atoms in total. The van der Waals surface area contributed by atoms with Crippen LogP contribution < -0.4 is 4.74 Å². The molecule has 0 unspecified atom stereocenters. The van der Waals surface area contributed by atoms with E-state index in [1.165, 1.54) is 0 Å². The molecule has 1 aromatic carbocycles. The lowest BCUT2D eigenvalue weighted by molar-refractivity contribution is 0.0614. The van der Waals surface area contributed by atoms with Crippen LogP contribution in [-0.2, 0) is 5.41 Å². The van der Waals surface area contributed by atoms with Crippen molar-refractivity contribution in [2.24, 2.45) is 0 Å². The third kappa shape index (κ3) is 5.23. The van der Waals surface area contributed by atoms with Crippen LogP contribution in [0, 0.1) is 0 Å². The number of ether oxygens (including phenoxy) is 1. The van der Waals surface area contributed by atoms with Crippen LogP contribution in [-0.4, -0.2) is 65.2 Å². The number of carbonyl (C=O) groups is 1. The Hall–Kier alpha value is -2.05. The van der Waals surface area contributed by atoms with Crippen molar-refractivity contribution in [3.05, 3.63) is 46.7 Å². The third-order valence-corrected chi connectivity index (χ3v) is 5.01. The average molecular weight is 391 g/mol. The van der Waals surface area contributed by atoms with Crippen molar-refractivity contribution in [1.82, 2.24) is 20.0 Å². The van der Waals surface area contributed by atoms with E-state index >= 15 is 0 Å². The summed E-state index contributed by atoms with van der Waals surface area (Å²) < 4.78 is 5.75. The van der Waals surface area contributed by atoms with E-state index in [2.05, 4.69) is 35.9 Å². The molecule has 27 heavy (non-hydrogen) atoms. The number of amides is 1. The Bertz CT molecular complexity index is 759. The summed E-state index contributed by atoms with van der Waals surface area (Å²) in [5.74, 6) is 0.820. The molecule has 2 aromatic rings. The van der Waals surface area contributed by atoms with E-state index in [0.717, 1.165) is 31.1 Å². The summed E-state index contributed by atoms with van der Waals surface area (Å²) in [6.45, 7) is 10.8. The quantitative estimate of drug-likeness (QED) is 0.851. The molecule has 1 aliphatic heterocycles. The van der Waals surface area contributed by atoms with Crippen LogP contribution in [0.15, 0.2) is 30.3 Å². The van der Waals surface area contributed by atoms with Gasteiger partial charge in [0.15, 0.2) is 0 Å². The predicted octanol–water partition coefficient (Wildman–Crippen LogP) is 3.20. The second-order valence-electron chi connectivity index (χ2n) is 7.85. The molecule has 0 atom stereocenters. The van der Waals surface area contributed by atoms with E-state index in [-0.39, 0.29) is 11.3 Å². The van der Waals surface area contributed by atoms with Gasteiger partial charge in [0.2, 0.25) is 0 Å². The van der Waals surface area contributed by atoms with Gasteiger partial charge < -0.3 is 9.64 Å². The molecule has 0 aliphatic carbocycles.